The average Bonchev–Trinajstić information content (AvgIpc) is 3.41. The number of hydrogen-bond acceptors (Lipinski definition) is 3. The molecular weight excluding hydrogens is 424 g/mol. The zero-order valence-corrected chi connectivity index (χ0v) is 20.8. The Hall–Kier alpha value is -2.60. The van der Waals surface area contributed by atoms with Crippen molar-refractivity contribution in [1.82, 2.24) is 0 Å². The summed E-state index contributed by atoms with van der Waals surface area (Å²) in [5.41, 5.74) is 8.93. The van der Waals surface area contributed by atoms with Gasteiger partial charge in [-0.25, -0.2) is 0 Å². The van der Waals surface area contributed by atoms with E-state index in [4.69, 9.17) is 13.9 Å². The molecule has 0 amide bonds. The standard InChI is InChI=1S/C29H34O3Si/c1-4-21-29(26-15-7-5-8-16-26,27-17-9-6-10-18-27)32-33(24-13-22-30-2,25-14-23-31-3)28-19-11-12-20-28/h4-10,15-18,28H,1,11-12,19-23H2,2-3H3. The Balaban J connectivity index is 2.24. The molecule has 4 heteroatoms. The third-order valence-corrected chi connectivity index (χ3v) is 9.65. The van der Waals surface area contributed by atoms with Crippen LogP contribution in [0.3, 0.4) is 0 Å². The molecule has 0 radical (unpaired) electrons. The Morgan fingerprint density at radius 3 is 1.79 bits per heavy atom. The molecule has 3 nitrogen and oxygen atoms in total. The SMILES string of the molecule is C=CCC(O[Si](C#CCOC)(C#CCOC)C1CCCC1)(c1ccccc1)c1ccccc1. The van der Waals surface area contributed by atoms with Crippen molar-refractivity contribution in [3.63, 3.8) is 0 Å². The monoisotopic (exact) mass is 458 g/mol. The second-order valence-electron chi connectivity index (χ2n) is 8.34. The smallest absolute Gasteiger partial charge is 0.357 e. The van der Waals surface area contributed by atoms with Crippen LogP contribution in [0.2, 0.25) is 5.54 Å². The molecule has 33 heavy (non-hydrogen) atoms. The van der Waals surface area contributed by atoms with Crippen molar-refractivity contribution in [2.45, 2.75) is 43.2 Å². The summed E-state index contributed by atoms with van der Waals surface area (Å²) >= 11 is 0. The minimum absolute atomic E-state index is 0.336. The van der Waals surface area contributed by atoms with Crippen LogP contribution >= 0.6 is 0 Å². The number of benzene rings is 2. The van der Waals surface area contributed by atoms with Gasteiger partial charge in [0.1, 0.15) is 18.8 Å². The molecule has 1 fully saturated rings. The lowest BCUT2D eigenvalue weighted by Crippen LogP contribution is -2.49. The zero-order chi connectivity index (χ0) is 23.4. The second kappa shape index (κ2) is 12.6. The molecule has 0 unspecified atom stereocenters. The Morgan fingerprint density at radius 1 is 0.879 bits per heavy atom. The first-order valence-electron chi connectivity index (χ1n) is 11.6. The first kappa shape index (κ1) is 25.0. The molecule has 0 aliphatic heterocycles. The Morgan fingerprint density at radius 2 is 1.36 bits per heavy atom. The molecule has 0 spiro atoms. The quantitative estimate of drug-likeness (QED) is 0.270. The topological polar surface area (TPSA) is 27.7 Å². The van der Waals surface area contributed by atoms with Crippen LogP contribution < -0.4 is 0 Å². The van der Waals surface area contributed by atoms with Crippen LogP contribution in [0.5, 0.6) is 0 Å². The van der Waals surface area contributed by atoms with E-state index in [0.717, 1.165) is 24.0 Å². The normalized spacial score (nSPS) is 14.1. The second-order valence-corrected chi connectivity index (χ2v) is 11.3. The Kier molecular flexibility index (Phi) is 9.55. The van der Waals surface area contributed by atoms with E-state index in [0.29, 0.717) is 25.2 Å². The van der Waals surface area contributed by atoms with Gasteiger partial charge >= 0.3 is 8.32 Å². The molecular formula is C29H34O3Si. The van der Waals surface area contributed by atoms with Gasteiger partial charge < -0.3 is 13.9 Å². The van der Waals surface area contributed by atoms with Gasteiger partial charge in [0.25, 0.3) is 0 Å². The van der Waals surface area contributed by atoms with Crippen LogP contribution in [0.15, 0.2) is 73.3 Å². The molecule has 0 aromatic heterocycles. The third-order valence-electron chi connectivity index (χ3n) is 6.16. The molecule has 0 saturated heterocycles. The summed E-state index contributed by atoms with van der Waals surface area (Å²) in [7, 11) is 0.430. The van der Waals surface area contributed by atoms with Gasteiger partial charge in [-0.3, -0.25) is 0 Å². The van der Waals surface area contributed by atoms with Gasteiger partial charge in [-0.15, -0.1) is 6.58 Å². The van der Waals surface area contributed by atoms with E-state index >= 15 is 0 Å². The summed E-state index contributed by atoms with van der Waals surface area (Å²) in [6.45, 7) is 4.82. The predicted octanol–water partition coefficient (Wildman–Crippen LogP) is 5.79. The van der Waals surface area contributed by atoms with E-state index < -0.39 is 13.9 Å². The lowest BCUT2D eigenvalue weighted by molar-refractivity contribution is 0.105. The summed E-state index contributed by atoms with van der Waals surface area (Å²) in [5, 5.41) is 0. The molecule has 2 aromatic carbocycles. The van der Waals surface area contributed by atoms with Crippen molar-refractivity contribution in [3.05, 3.63) is 84.4 Å². The molecule has 1 saturated carbocycles. The summed E-state index contributed by atoms with van der Waals surface area (Å²) in [6, 6.07) is 20.8. The molecule has 2 aromatic rings. The van der Waals surface area contributed by atoms with Gasteiger partial charge in [-0.05, 0) is 24.0 Å². The maximum atomic E-state index is 7.42. The van der Waals surface area contributed by atoms with Gasteiger partial charge in [-0.2, -0.15) is 0 Å². The third kappa shape index (κ3) is 6.05. The van der Waals surface area contributed by atoms with Gasteiger partial charge in [-0.1, -0.05) is 103 Å². The van der Waals surface area contributed by atoms with E-state index in [-0.39, 0.29) is 0 Å². The maximum absolute atomic E-state index is 7.42. The molecule has 0 heterocycles. The fourth-order valence-corrected chi connectivity index (χ4v) is 8.13. The van der Waals surface area contributed by atoms with Crippen LogP contribution in [-0.4, -0.2) is 35.8 Å². The van der Waals surface area contributed by atoms with Crippen molar-refractivity contribution in [2.24, 2.45) is 0 Å². The highest BCUT2D eigenvalue weighted by Crippen LogP contribution is 2.46. The van der Waals surface area contributed by atoms with E-state index in [2.05, 4.69) is 78.0 Å². The minimum Gasteiger partial charge on any atom is -0.382 e. The number of hydrogen-bond donors (Lipinski definition) is 0. The fourth-order valence-electron chi connectivity index (χ4n) is 4.64. The summed E-state index contributed by atoms with van der Waals surface area (Å²) in [4.78, 5) is 0. The largest absolute Gasteiger partial charge is 0.382 e. The van der Waals surface area contributed by atoms with Gasteiger partial charge in [0.05, 0.1) is 0 Å². The molecule has 1 aliphatic carbocycles. The Labute approximate surface area is 200 Å². The number of methoxy groups -OCH3 is 2. The fraction of sp³-hybridized carbons (Fsp3) is 0.379. The Bertz CT molecular complexity index is 926. The molecule has 0 atom stereocenters. The number of rotatable bonds is 9. The highest BCUT2D eigenvalue weighted by Gasteiger charge is 2.50. The summed E-state index contributed by atoms with van der Waals surface area (Å²) in [6.07, 6.45) is 7.11. The van der Waals surface area contributed by atoms with Gasteiger partial charge in [0.15, 0.2) is 0 Å². The van der Waals surface area contributed by atoms with Crippen molar-refractivity contribution in [3.8, 4) is 22.9 Å². The highest BCUT2D eigenvalue weighted by atomic mass is 28.4. The van der Waals surface area contributed by atoms with Crippen LogP contribution in [0.25, 0.3) is 0 Å². The van der Waals surface area contributed by atoms with E-state index in [9.17, 15) is 0 Å². The molecule has 0 N–H and O–H groups in total. The van der Waals surface area contributed by atoms with E-state index in [1.165, 1.54) is 12.8 Å². The van der Waals surface area contributed by atoms with E-state index in [1.807, 2.05) is 18.2 Å². The van der Waals surface area contributed by atoms with Crippen molar-refractivity contribution in [2.75, 3.05) is 27.4 Å². The van der Waals surface area contributed by atoms with Crippen LogP contribution in [0, 0.1) is 22.9 Å². The highest BCUT2D eigenvalue weighted by molar-refractivity contribution is 6.90. The molecule has 0 bridgehead atoms. The lowest BCUT2D eigenvalue weighted by atomic mass is 9.84. The van der Waals surface area contributed by atoms with Crippen LogP contribution in [0.4, 0.5) is 0 Å². The van der Waals surface area contributed by atoms with Gasteiger partial charge in [0, 0.05) is 26.2 Å². The summed E-state index contributed by atoms with van der Waals surface area (Å²) in [5.74, 6) is 6.49. The first-order chi connectivity index (χ1) is 16.2. The maximum Gasteiger partial charge on any atom is 0.357 e. The predicted molar refractivity (Wildman–Crippen MR) is 137 cm³/mol. The lowest BCUT2D eigenvalue weighted by Gasteiger charge is -2.41. The summed E-state index contributed by atoms with van der Waals surface area (Å²) < 4.78 is 18.0. The average molecular weight is 459 g/mol. The molecule has 172 valence electrons. The molecule has 1 aliphatic rings. The van der Waals surface area contributed by atoms with Crippen molar-refractivity contribution in [1.29, 1.82) is 0 Å². The van der Waals surface area contributed by atoms with E-state index in [1.54, 1.807) is 14.2 Å². The van der Waals surface area contributed by atoms with Crippen molar-refractivity contribution < 1.29 is 13.9 Å². The van der Waals surface area contributed by atoms with Gasteiger partial charge in [0.2, 0.25) is 0 Å². The van der Waals surface area contributed by atoms with Crippen molar-refractivity contribution >= 4 is 8.32 Å². The zero-order valence-electron chi connectivity index (χ0n) is 19.8. The molecule has 3 rings (SSSR count). The minimum atomic E-state index is -2.91. The first-order valence-corrected chi connectivity index (χ1v) is 13.6. The van der Waals surface area contributed by atoms with Crippen LogP contribution in [-0.2, 0) is 19.5 Å². The number of ether oxygens (including phenoxy) is 2. The van der Waals surface area contributed by atoms with Crippen LogP contribution in [0.1, 0.15) is 43.2 Å².